The zero-order valence-corrected chi connectivity index (χ0v) is 15.9. The SMILES string of the molecule is Cc1ccccc1C(=O)Nc1cccc(Cn2nc(C(N)=O)c3ccccc32)c1. The first kappa shape index (κ1) is 18.4. The molecule has 1 heterocycles. The third-order valence-corrected chi connectivity index (χ3v) is 4.80. The number of amides is 2. The summed E-state index contributed by atoms with van der Waals surface area (Å²) in [5, 5.41) is 8.06. The van der Waals surface area contributed by atoms with Gasteiger partial charge in [0.05, 0.1) is 12.1 Å². The number of aromatic nitrogens is 2. The Morgan fingerprint density at radius 3 is 2.55 bits per heavy atom. The fraction of sp³-hybridized carbons (Fsp3) is 0.0870. The van der Waals surface area contributed by atoms with E-state index in [9.17, 15) is 9.59 Å². The van der Waals surface area contributed by atoms with Crippen molar-refractivity contribution in [2.45, 2.75) is 13.5 Å². The third kappa shape index (κ3) is 3.73. The molecule has 4 rings (SSSR count). The van der Waals surface area contributed by atoms with Gasteiger partial charge < -0.3 is 11.1 Å². The average molecular weight is 384 g/mol. The highest BCUT2D eigenvalue weighted by molar-refractivity contribution is 6.05. The molecule has 0 unspecified atom stereocenters. The van der Waals surface area contributed by atoms with Gasteiger partial charge in [-0.05, 0) is 42.3 Å². The Kier molecular flexibility index (Phi) is 4.83. The average Bonchev–Trinajstić information content (AvgIpc) is 3.07. The largest absolute Gasteiger partial charge is 0.364 e. The molecular weight excluding hydrogens is 364 g/mol. The van der Waals surface area contributed by atoms with E-state index in [1.807, 2.05) is 73.7 Å². The molecular formula is C23H20N4O2. The molecule has 0 saturated heterocycles. The molecule has 4 aromatic rings. The van der Waals surface area contributed by atoms with Crippen molar-refractivity contribution in [2.75, 3.05) is 5.32 Å². The summed E-state index contributed by atoms with van der Waals surface area (Å²) in [6.07, 6.45) is 0. The third-order valence-electron chi connectivity index (χ3n) is 4.80. The van der Waals surface area contributed by atoms with Crippen LogP contribution in [0.5, 0.6) is 0 Å². The lowest BCUT2D eigenvalue weighted by atomic mass is 10.1. The highest BCUT2D eigenvalue weighted by atomic mass is 16.2. The van der Waals surface area contributed by atoms with Gasteiger partial charge in [-0.25, -0.2) is 0 Å². The van der Waals surface area contributed by atoms with Crippen molar-refractivity contribution >= 4 is 28.4 Å². The summed E-state index contributed by atoms with van der Waals surface area (Å²) in [5.41, 5.74) is 9.75. The molecule has 0 saturated carbocycles. The highest BCUT2D eigenvalue weighted by Crippen LogP contribution is 2.20. The molecule has 0 bridgehead atoms. The highest BCUT2D eigenvalue weighted by Gasteiger charge is 2.15. The van der Waals surface area contributed by atoms with Crippen LogP contribution in [0.15, 0.2) is 72.8 Å². The second kappa shape index (κ2) is 7.59. The number of primary amides is 1. The Morgan fingerprint density at radius 1 is 1.00 bits per heavy atom. The minimum atomic E-state index is -0.556. The molecule has 0 aliphatic carbocycles. The maximum atomic E-state index is 12.6. The fourth-order valence-corrected chi connectivity index (χ4v) is 3.38. The quantitative estimate of drug-likeness (QED) is 0.549. The molecule has 1 aromatic heterocycles. The lowest BCUT2D eigenvalue weighted by Crippen LogP contribution is -2.14. The van der Waals surface area contributed by atoms with Crippen LogP contribution in [0, 0.1) is 6.92 Å². The minimum absolute atomic E-state index is 0.152. The molecule has 2 amide bonds. The second-order valence-electron chi connectivity index (χ2n) is 6.86. The summed E-state index contributed by atoms with van der Waals surface area (Å²) < 4.78 is 1.75. The summed E-state index contributed by atoms with van der Waals surface area (Å²) >= 11 is 0. The van der Waals surface area contributed by atoms with E-state index in [0.717, 1.165) is 22.0 Å². The van der Waals surface area contributed by atoms with Crippen molar-refractivity contribution in [2.24, 2.45) is 5.73 Å². The van der Waals surface area contributed by atoms with Crippen LogP contribution in [0.25, 0.3) is 10.9 Å². The molecule has 0 atom stereocenters. The summed E-state index contributed by atoms with van der Waals surface area (Å²) in [5.74, 6) is -0.708. The van der Waals surface area contributed by atoms with Crippen LogP contribution in [-0.2, 0) is 6.54 Å². The van der Waals surface area contributed by atoms with E-state index in [1.54, 1.807) is 10.7 Å². The van der Waals surface area contributed by atoms with Crippen LogP contribution >= 0.6 is 0 Å². The molecule has 0 radical (unpaired) electrons. The minimum Gasteiger partial charge on any atom is -0.364 e. The summed E-state index contributed by atoms with van der Waals surface area (Å²) in [7, 11) is 0. The standard InChI is InChI=1S/C23H20N4O2/c1-15-7-2-3-10-18(15)23(29)25-17-9-6-8-16(13-17)14-27-20-12-5-4-11-19(20)21(26-27)22(24)28/h2-13H,14H2,1H3,(H2,24,28)(H,25,29). The topological polar surface area (TPSA) is 90.0 Å². The van der Waals surface area contributed by atoms with Gasteiger partial charge >= 0.3 is 0 Å². The number of hydrogen-bond donors (Lipinski definition) is 2. The number of benzene rings is 3. The van der Waals surface area contributed by atoms with Crippen molar-refractivity contribution in [1.82, 2.24) is 9.78 Å². The van der Waals surface area contributed by atoms with Crippen LogP contribution in [0.1, 0.15) is 32.0 Å². The fourth-order valence-electron chi connectivity index (χ4n) is 3.38. The Bertz CT molecular complexity index is 1230. The number of nitrogens with one attached hydrogen (secondary N) is 1. The summed E-state index contributed by atoms with van der Waals surface area (Å²) in [6.45, 7) is 2.35. The molecule has 3 aromatic carbocycles. The Balaban J connectivity index is 1.60. The van der Waals surface area contributed by atoms with Gasteiger partial charge in [-0.2, -0.15) is 5.10 Å². The summed E-state index contributed by atoms with van der Waals surface area (Å²) in [4.78, 5) is 24.3. The summed E-state index contributed by atoms with van der Waals surface area (Å²) in [6, 6.07) is 22.5. The van der Waals surface area contributed by atoms with Gasteiger partial charge in [0.15, 0.2) is 5.69 Å². The number of anilines is 1. The zero-order chi connectivity index (χ0) is 20.4. The zero-order valence-electron chi connectivity index (χ0n) is 15.9. The Hall–Kier alpha value is -3.93. The Labute approximate surface area is 168 Å². The molecule has 0 aliphatic rings. The van der Waals surface area contributed by atoms with E-state index < -0.39 is 5.91 Å². The first-order valence-corrected chi connectivity index (χ1v) is 9.24. The normalized spacial score (nSPS) is 10.8. The molecule has 0 fully saturated rings. The first-order valence-electron chi connectivity index (χ1n) is 9.24. The molecule has 6 nitrogen and oxygen atoms in total. The van der Waals surface area contributed by atoms with Gasteiger partial charge in [-0.15, -0.1) is 0 Å². The van der Waals surface area contributed by atoms with Gasteiger partial charge in [-0.1, -0.05) is 48.5 Å². The lowest BCUT2D eigenvalue weighted by Gasteiger charge is -2.10. The predicted octanol–water partition coefficient (Wildman–Crippen LogP) is 3.74. The number of para-hydroxylation sites is 1. The van der Waals surface area contributed by atoms with E-state index in [4.69, 9.17) is 5.73 Å². The van der Waals surface area contributed by atoms with Crippen molar-refractivity contribution in [3.63, 3.8) is 0 Å². The number of fused-ring (bicyclic) bond motifs is 1. The van der Waals surface area contributed by atoms with Gasteiger partial charge in [0.1, 0.15) is 0 Å². The van der Waals surface area contributed by atoms with E-state index in [-0.39, 0.29) is 11.6 Å². The van der Waals surface area contributed by atoms with Crippen LogP contribution in [0.3, 0.4) is 0 Å². The number of nitrogens with two attached hydrogens (primary N) is 1. The second-order valence-corrected chi connectivity index (χ2v) is 6.86. The molecule has 29 heavy (non-hydrogen) atoms. The predicted molar refractivity (Wildman–Crippen MR) is 113 cm³/mol. The molecule has 0 spiro atoms. The van der Waals surface area contributed by atoms with Crippen molar-refractivity contribution < 1.29 is 9.59 Å². The van der Waals surface area contributed by atoms with Crippen molar-refractivity contribution in [3.05, 3.63) is 95.2 Å². The van der Waals surface area contributed by atoms with Crippen LogP contribution in [-0.4, -0.2) is 21.6 Å². The smallest absolute Gasteiger partial charge is 0.269 e. The van der Waals surface area contributed by atoms with Crippen molar-refractivity contribution in [3.8, 4) is 0 Å². The van der Waals surface area contributed by atoms with Crippen LogP contribution < -0.4 is 11.1 Å². The van der Waals surface area contributed by atoms with Gasteiger partial charge in [0.25, 0.3) is 11.8 Å². The molecule has 3 N–H and O–H groups in total. The van der Waals surface area contributed by atoms with E-state index in [0.29, 0.717) is 17.8 Å². The molecule has 0 aliphatic heterocycles. The number of aryl methyl sites for hydroxylation is 1. The maximum absolute atomic E-state index is 12.6. The number of carbonyl (C=O) groups excluding carboxylic acids is 2. The maximum Gasteiger partial charge on any atom is 0.269 e. The Morgan fingerprint density at radius 2 is 1.76 bits per heavy atom. The number of hydrogen-bond acceptors (Lipinski definition) is 3. The molecule has 144 valence electrons. The molecule has 6 heteroatoms. The number of rotatable bonds is 5. The van der Waals surface area contributed by atoms with Gasteiger partial charge in [0, 0.05) is 16.6 Å². The van der Waals surface area contributed by atoms with Crippen LogP contribution in [0.2, 0.25) is 0 Å². The van der Waals surface area contributed by atoms with Crippen LogP contribution in [0.4, 0.5) is 5.69 Å². The number of nitrogens with zero attached hydrogens (tertiary/aromatic N) is 2. The van der Waals surface area contributed by atoms with E-state index in [1.165, 1.54) is 0 Å². The van der Waals surface area contributed by atoms with Gasteiger partial charge in [-0.3, -0.25) is 14.3 Å². The van der Waals surface area contributed by atoms with Crippen molar-refractivity contribution in [1.29, 1.82) is 0 Å². The number of carbonyl (C=O) groups is 2. The van der Waals surface area contributed by atoms with E-state index in [2.05, 4.69) is 10.4 Å². The first-order chi connectivity index (χ1) is 14.0. The van der Waals surface area contributed by atoms with Gasteiger partial charge in [0.2, 0.25) is 0 Å². The lowest BCUT2D eigenvalue weighted by molar-refractivity contribution is 0.0993. The van der Waals surface area contributed by atoms with E-state index >= 15 is 0 Å². The monoisotopic (exact) mass is 384 g/mol.